The van der Waals surface area contributed by atoms with Gasteiger partial charge >= 0.3 is 12.0 Å². The van der Waals surface area contributed by atoms with Crippen LogP contribution in [-0.4, -0.2) is 61.0 Å². The van der Waals surface area contributed by atoms with E-state index in [-0.39, 0.29) is 12.0 Å². The van der Waals surface area contributed by atoms with E-state index in [0.29, 0.717) is 24.2 Å². The van der Waals surface area contributed by atoms with Crippen LogP contribution in [0.1, 0.15) is 40.0 Å². The quantitative estimate of drug-likeness (QED) is 0.384. The number of ether oxygens (including phenoxy) is 1. The third-order valence-electron chi connectivity index (χ3n) is 6.59. The first-order valence-corrected chi connectivity index (χ1v) is 12.9. The Kier molecular flexibility index (Phi) is 7.54. The molecule has 3 heterocycles. The summed E-state index contributed by atoms with van der Waals surface area (Å²) in [5.74, 6) is 0.581. The molecule has 1 aliphatic heterocycles. The van der Waals surface area contributed by atoms with Crippen LogP contribution in [0.4, 0.5) is 15.9 Å². The van der Waals surface area contributed by atoms with Gasteiger partial charge < -0.3 is 15.0 Å². The first kappa shape index (κ1) is 24.9. The second-order valence-corrected chi connectivity index (χ2v) is 9.76. The Hall–Kier alpha value is -3.21. The molecule has 0 spiro atoms. The molecule has 1 aliphatic rings. The summed E-state index contributed by atoms with van der Waals surface area (Å²) in [6.07, 6.45) is 5.91. The average Bonchev–Trinajstić information content (AvgIpc) is 3.27. The lowest BCUT2D eigenvalue weighted by atomic mass is 9.76. The fourth-order valence-corrected chi connectivity index (χ4v) is 5.39. The van der Waals surface area contributed by atoms with E-state index in [1.807, 2.05) is 40.2 Å². The zero-order chi connectivity index (χ0) is 25.0. The maximum absolute atomic E-state index is 12.5. The Balaban J connectivity index is 1.48. The standard InChI is InChI=1S/C24H31BN6O3S/c1-4-24(20(32)34-6-3)7-9-31(10-8-24)21-27-13-16(14-28-21)15-11-17(25)19-18(12-15)29-23(35-19)30-22(33)26-5-2/h11-14H,4-10,25H2,1-3H3,(H2,26,29,30,33). The predicted octanol–water partition coefficient (Wildman–Crippen LogP) is 2.71. The van der Waals surface area contributed by atoms with E-state index in [0.717, 1.165) is 59.2 Å². The van der Waals surface area contributed by atoms with Gasteiger partial charge in [0, 0.05) is 37.6 Å². The van der Waals surface area contributed by atoms with Gasteiger partial charge in [-0.3, -0.25) is 10.1 Å². The van der Waals surface area contributed by atoms with Crippen molar-refractivity contribution in [3.63, 3.8) is 0 Å². The Morgan fingerprint density at radius 3 is 2.49 bits per heavy atom. The highest BCUT2D eigenvalue weighted by Crippen LogP contribution is 2.37. The fourth-order valence-electron chi connectivity index (χ4n) is 4.48. The highest BCUT2D eigenvalue weighted by Gasteiger charge is 2.41. The van der Waals surface area contributed by atoms with Crippen molar-refractivity contribution in [3.05, 3.63) is 24.5 Å². The summed E-state index contributed by atoms with van der Waals surface area (Å²) < 4.78 is 6.37. The number of benzene rings is 1. The Morgan fingerprint density at radius 1 is 1.14 bits per heavy atom. The summed E-state index contributed by atoms with van der Waals surface area (Å²) in [7, 11) is 2.03. The monoisotopic (exact) mass is 494 g/mol. The molecule has 35 heavy (non-hydrogen) atoms. The lowest BCUT2D eigenvalue weighted by Crippen LogP contribution is -2.45. The molecule has 0 radical (unpaired) electrons. The fraction of sp³-hybridized carbons (Fsp3) is 0.458. The molecular formula is C24H31BN6O3S. The third kappa shape index (κ3) is 5.24. The molecule has 0 atom stereocenters. The molecule has 11 heteroatoms. The first-order chi connectivity index (χ1) is 16.9. The number of rotatable bonds is 7. The third-order valence-corrected chi connectivity index (χ3v) is 7.72. The zero-order valence-corrected chi connectivity index (χ0v) is 21.5. The van der Waals surface area contributed by atoms with E-state index in [4.69, 9.17) is 4.74 Å². The van der Waals surface area contributed by atoms with Crippen molar-refractivity contribution in [1.82, 2.24) is 20.3 Å². The zero-order valence-electron chi connectivity index (χ0n) is 20.7. The van der Waals surface area contributed by atoms with E-state index < -0.39 is 5.41 Å². The number of carbonyl (C=O) groups excluding carboxylic acids is 2. The van der Waals surface area contributed by atoms with Gasteiger partial charge in [0.1, 0.15) is 7.85 Å². The van der Waals surface area contributed by atoms with Gasteiger partial charge in [-0.15, -0.1) is 0 Å². The molecule has 0 unspecified atom stereocenters. The van der Waals surface area contributed by atoms with Gasteiger partial charge in [-0.05, 0) is 44.7 Å². The molecule has 0 bridgehead atoms. The Morgan fingerprint density at radius 2 is 1.86 bits per heavy atom. The van der Waals surface area contributed by atoms with E-state index >= 15 is 0 Å². The molecule has 0 saturated carbocycles. The molecule has 184 valence electrons. The largest absolute Gasteiger partial charge is 0.466 e. The number of urea groups is 1. The molecular weight excluding hydrogens is 463 g/mol. The summed E-state index contributed by atoms with van der Waals surface area (Å²) in [6.45, 7) is 8.17. The summed E-state index contributed by atoms with van der Waals surface area (Å²) in [6, 6.07) is 3.82. The van der Waals surface area contributed by atoms with Crippen LogP contribution in [0.5, 0.6) is 0 Å². The van der Waals surface area contributed by atoms with E-state index in [1.54, 1.807) is 0 Å². The topological polar surface area (TPSA) is 109 Å². The van der Waals surface area contributed by atoms with Crippen LogP contribution in [-0.2, 0) is 9.53 Å². The van der Waals surface area contributed by atoms with Crippen molar-refractivity contribution < 1.29 is 14.3 Å². The van der Waals surface area contributed by atoms with Crippen LogP contribution < -0.4 is 21.0 Å². The Bertz CT molecular complexity index is 1210. The van der Waals surface area contributed by atoms with Crippen molar-refractivity contribution in [2.45, 2.75) is 40.0 Å². The number of fused-ring (bicyclic) bond motifs is 1. The maximum atomic E-state index is 12.5. The highest BCUT2D eigenvalue weighted by molar-refractivity contribution is 7.23. The number of esters is 1. The first-order valence-electron chi connectivity index (χ1n) is 12.1. The molecule has 4 rings (SSSR count). The van der Waals surface area contributed by atoms with Gasteiger partial charge in [0.2, 0.25) is 5.95 Å². The van der Waals surface area contributed by atoms with E-state index in [2.05, 4.69) is 43.5 Å². The minimum atomic E-state index is -0.405. The summed E-state index contributed by atoms with van der Waals surface area (Å²) >= 11 is 1.46. The van der Waals surface area contributed by atoms with E-state index in [9.17, 15) is 9.59 Å². The second-order valence-electron chi connectivity index (χ2n) is 8.76. The lowest BCUT2D eigenvalue weighted by Gasteiger charge is -2.39. The minimum absolute atomic E-state index is 0.0874. The van der Waals surface area contributed by atoms with Gasteiger partial charge in [0.05, 0.1) is 22.2 Å². The van der Waals surface area contributed by atoms with Crippen LogP contribution in [0.15, 0.2) is 24.5 Å². The van der Waals surface area contributed by atoms with Crippen LogP contribution in [0.25, 0.3) is 21.3 Å². The number of anilines is 2. The van der Waals surface area contributed by atoms with Crippen LogP contribution in [0.2, 0.25) is 0 Å². The molecule has 2 N–H and O–H groups in total. The number of nitrogens with zero attached hydrogens (tertiary/aromatic N) is 4. The van der Waals surface area contributed by atoms with Crippen molar-refractivity contribution in [1.29, 1.82) is 0 Å². The maximum Gasteiger partial charge on any atom is 0.321 e. The molecule has 0 aliphatic carbocycles. The number of aromatic nitrogens is 3. The molecule has 9 nitrogen and oxygen atoms in total. The molecule has 3 aromatic rings. The van der Waals surface area contributed by atoms with Crippen molar-refractivity contribution in [2.75, 3.05) is 36.5 Å². The number of thiazole rings is 1. The number of piperidine rings is 1. The number of nitrogens with one attached hydrogen (secondary N) is 2. The van der Waals surface area contributed by atoms with Gasteiger partial charge in [0.25, 0.3) is 0 Å². The number of amides is 2. The Labute approximate surface area is 210 Å². The van der Waals surface area contributed by atoms with Crippen LogP contribution in [0, 0.1) is 5.41 Å². The SMILES string of the molecule is Bc1cc(-c2cnc(N3CCC(CC)(C(=O)OCC)CC3)nc2)cc2nc(NC(=O)NCC)sc12. The smallest absolute Gasteiger partial charge is 0.321 e. The summed E-state index contributed by atoms with van der Waals surface area (Å²) in [4.78, 5) is 40.3. The molecule has 1 fully saturated rings. The van der Waals surface area contributed by atoms with Gasteiger partial charge in [-0.2, -0.15) is 0 Å². The average molecular weight is 494 g/mol. The van der Waals surface area contributed by atoms with E-state index in [1.165, 1.54) is 11.3 Å². The number of hydrogen-bond donors (Lipinski definition) is 2. The molecule has 1 aromatic carbocycles. The normalized spacial score (nSPS) is 15.1. The van der Waals surface area contributed by atoms with Gasteiger partial charge in [-0.25, -0.2) is 19.7 Å². The van der Waals surface area contributed by atoms with Crippen molar-refractivity contribution in [2.24, 2.45) is 5.41 Å². The molecule has 2 amide bonds. The highest BCUT2D eigenvalue weighted by atomic mass is 32.1. The number of hydrogen-bond acceptors (Lipinski definition) is 8. The van der Waals surface area contributed by atoms with Crippen molar-refractivity contribution >= 4 is 57.9 Å². The second kappa shape index (κ2) is 10.6. The summed E-state index contributed by atoms with van der Waals surface area (Å²) in [5.41, 5.74) is 3.37. The van der Waals surface area contributed by atoms with Crippen LogP contribution in [0.3, 0.4) is 0 Å². The summed E-state index contributed by atoms with van der Waals surface area (Å²) in [5, 5.41) is 6.06. The van der Waals surface area contributed by atoms with Crippen LogP contribution >= 0.6 is 11.3 Å². The number of carbonyl (C=O) groups is 2. The molecule has 2 aromatic heterocycles. The van der Waals surface area contributed by atoms with Gasteiger partial charge in [0.15, 0.2) is 5.13 Å². The lowest BCUT2D eigenvalue weighted by molar-refractivity contribution is -0.157. The van der Waals surface area contributed by atoms with Gasteiger partial charge in [-0.1, -0.05) is 29.8 Å². The minimum Gasteiger partial charge on any atom is -0.466 e. The predicted molar refractivity (Wildman–Crippen MR) is 142 cm³/mol. The molecule has 1 saturated heterocycles. The van der Waals surface area contributed by atoms with Crippen molar-refractivity contribution in [3.8, 4) is 11.1 Å².